The minimum atomic E-state index is -0.110. The minimum Gasteiger partial charge on any atom is -0.465 e. The fourth-order valence-corrected chi connectivity index (χ4v) is 1.64. The number of esters is 1. The number of unbranched alkanes of at least 4 members (excludes halogenated alkanes) is 4. The van der Waals surface area contributed by atoms with Gasteiger partial charge in [0.05, 0.1) is 6.61 Å². The van der Waals surface area contributed by atoms with Crippen molar-refractivity contribution in [1.82, 2.24) is 0 Å². The molecule has 0 spiro atoms. The van der Waals surface area contributed by atoms with Gasteiger partial charge in [0.15, 0.2) is 0 Å². The van der Waals surface area contributed by atoms with Gasteiger partial charge in [-0.05, 0) is 6.42 Å². The highest BCUT2D eigenvalue weighted by molar-refractivity contribution is 5.72. The Kier molecular flexibility index (Phi) is 6.47. The van der Waals surface area contributed by atoms with Crippen molar-refractivity contribution in [2.75, 3.05) is 6.61 Å². The van der Waals surface area contributed by atoms with Gasteiger partial charge >= 0.3 is 5.97 Å². The highest BCUT2D eigenvalue weighted by atomic mass is 16.5. The average Bonchev–Trinajstić information content (AvgIpc) is 2.76. The lowest BCUT2D eigenvalue weighted by Gasteiger charge is -2.05. The lowest BCUT2D eigenvalue weighted by atomic mass is 10.2. The van der Waals surface area contributed by atoms with Crippen LogP contribution in [-0.2, 0) is 16.0 Å². The van der Waals surface area contributed by atoms with Crippen LogP contribution >= 0.6 is 0 Å². The van der Waals surface area contributed by atoms with Gasteiger partial charge in [0.25, 0.3) is 0 Å². The van der Waals surface area contributed by atoms with Crippen molar-refractivity contribution in [1.29, 1.82) is 0 Å². The standard InChI is InChI=1S/C14H21O2/c1-2-3-4-5-8-11-16-14(15)12-13-9-6-7-10-13/h6-7,9-10H,2-5,8,11-12H2,1H3/q-1. The zero-order valence-corrected chi connectivity index (χ0v) is 10.1. The summed E-state index contributed by atoms with van der Waals surface area (Å²) in [5, 5.41) is 0. The van der Waals surface area contributed by atoms with Crippen molar-refractivity contribution in [3.63, 3.8) is 0 Å². The molecule has 0 aliphatic heterocycles. The lowest BCUT2D eigenvalue weighted by Crippen LogP contribution is -2.08. The summed E-state index contributed by atoms with van der Waals surface area (Å²) >= 11 is 0. The van der Waals surface area contributed by atoms with Crippen LogP contribution in [0.2, 0.25) is 0 Å². The highest BCUT2D eigenvalue weighted by Gasteiger charge is 2.00. The highest BCUT2D eigenvalue weighted by Crippen LogP contribution is 2.04. The Bertz CT molecular complexity index is 275. The first-order valence-electron chi connectivity index (χ1n) is 6.19. The van der Waals surface area contributed by atoms with Gasteiger partial charge < -0.3 is 4.74 Å². The third-order valence-electron chi connectivity index (χ3n) is 2.59. The first kappa shape index (κ1) is 12.9. The Morgan fingerprint density at radius 3 is 2.81 bits per heavy atom. The molecule has 0 aliphatic rings. The van der Waals surface area contributed by atoms with E-state index in [-0.39, 0.29) is 5.97 Å². The first-order valence-corrected chi connectivity index (χ1v) is 6.19. The molecule has 0 N–H and O–H groups in total. The van der Waals surface area contributed by atoms with Gasteiger partial charge in [-0.25, -0.2) is 12.1 Å². The number of ether oxygens (including phenoxy) is 1. The van der Waals surface area contributed by atoms with Crippen LogP contribution in [-0.4, -0.2) is 12.6 Å². The van der Waals surface area contributed by atoms with E-state index in [1.165, 1.54) is 19.3 Å². The third kappa shape index (κ3) is 5.64. The van der Waals surface area contributed by atoms with E-state index >= 15 is 0 Å². The summed E-state index contributed by atoms with van der Waals surface area (Å²) in [6.45, 7) is 2.77. The normalized spacial score (nSPS) is 10.3. The predicted octanol–water partition coefficient (Wildman–Crippen LogP) is 3.46. The van der Waals surface area contributed by atoms with Gasteiger partial charge in [0, 0.05) is 6.42 Å². The maximum atomic E-state index is 11.4. The molecule has 0 atom stereocenters. The summed E-state index contributed by atoms with van der Waals surface area (Å²) in [5.41, 5.74) is 1.04. The van der Waals surface area contributed by atoms with E-state index in [0.717, 1.165) is 18.4 Å². The summed E-state index contributed by atoms with van der Waals surface area (Å²) < 4.78 is 5.16. The third-order valence-corrected chi connectivity index (χ3v) is 2.59. The van der Waals surface area contributed by atoms with E-state index in [2.05, 4.69) is 6.92 Å². The molecular formula is C14H21O2-. The number of carbonyl (C=O) groups is 1. The Balaban J connectivity index is 1.98. The maximum absolute atomic E-state index is 11.4. The van der Waals surface area contributed by atoms with Gasteiger partial charge in [0.2, 0.25) is 0 Å². The Labute approximate surface area is 98.0 Å². The van der Waals surface area contributed by atoms with E-state index in [1.54, 1.807) is 0 Å². The summed E-state index contributed by atoms with van der Waals surface area (Å²) in [4.78, 5) is 11.4. The van der Waals surface area contributed by atoms with Crippen molar-refractivity contribution in [2.24, 2.45) is 0 Å². The molecule has 0 radical (unpaired) electrons. The molecule has 1 rings (SSSR count). The molecule has 2 heteroatoms. The molecule has 0 fully saturated rings. The number of hydrogen-bond donors (Lipinski definition) is 0. The van der Waals surface area contributed by atoms with Crippen molar-refractivity contribution in [2.45, 2.75) is 45.4 Å². The van der Waals surface area contributed by atoms with Crippen molar-refractivity contribution in [3.05, 3.63) is 29.8 Å². The lowest BCUT2D eigenvalue weighted by molar-refractivity contribution is -0.142. The predicted molar refractivity (Wildman–Crippen MR) is 65.5 cm³/mol. The zero-order valence-electron chi connectivity index (χ0n) is 10.1. The average molecular weight is 221 g/mol. The van der Waals surface area contributed by atoms with Crippen LogP contribution in [0, 0.1) is 0 Å². The summed E-state index contributed by atoms with van der Waals surface area (Å²) in [7, 11) is 0. The summed E-state index contributed by atoms with van der Waals surface area (Å²) in [6, 6.07) is 7.77. The zero-order chi connectivity index (χ0) is 11.6. The van der Waals surface area contributed by atoms with Crippen LogP contribution in [0.4, 0.5) is 0 Å². The van der Waals surface area contributed by atoms with Crippen molar-refractivity contribution >= 4 is 5.97 Å². The molecule has 0 saturated carbocycles. The smallest absolute Gasteiger partial charge is 0.308 e. The van der Waals surface area contributed by atoms with Crippen molar-refractivity contribution in [3.8, 4) is 0 Å². The van der Waals surface area contributed by atoms with E-state index in [9.17, 15) is 4.79 Å². The summed E-state index contributed by atoms with van der Waals surface area (Å²) in [5.74, 6) is -0.110. The molecule has 1 aromatic carbocycles. The second-order valence-electron chi connectivity index (χ2n) is 4.10. The van der Waals surface area contributed by atoms with Gasteiger partial charge in [-0.2, -0.15) is 17.7 Å². The maximum Gasteiger partial charge on any atom is 0.308 e. The molecule has 0 aromatic heterocycles. The Morgan fingerprint density at radius 2 is 2.12 bits per heavy atom. The fourth-order valence-electron chi connectivity index (χ4n) is 1.64. The fraction of sp³-hybridized carbons (Fsp3) is 0.571. The molecule has 0 bridgehead atoms. The van der Waals surface area contributed by atoms with E-state index in [1.807, 2.05) is 24.3 Å². The number of rotatable bonds is 8. The second-order valence-corrected chi connectivity index (χ2v) is 4.10. The van der Waals surface area contributed by atoms with Gasteiger partial charge in [-0.3, -0.25) is 4.79 Å². The quantitative estimate of drug-likeness (QED) is 0.382. The molecule has 0 aliphatic carbocycles. The first-order chi connectivity index (χ1) is 7.83. The van der Waals surface area contributed by atoms with Gasteiger partial charge in [0.1, 0.15) is 0 Å². The van der Waals surface area contributed by atoms with E-state index in [0.29, 0.717) is 13.0 Å². The molecule has 0 unspecified atom stereocenters. The van der Waals surface area contributed by atoms with Crippen LogP contribution in [0.5, 0.6) is 0 Å². The molecular weight excluding hydrogens is 200 g/mol. The molecule has 90 valence electrons. The second kappa shape index (κ2) is 8.03. The van der Waals surface area contributed by atoms with Crippen LogP contribution in [0.25, 0.3) is 0 Å². The van der Waals surface area contributed by atoms with Gasteiger partial charge in [-0.1, -0.05) is 32.6 Å². The molecule has 16 heavy (non-hydrogen) atoms. The Hall–Kier alpha value is -1.18. The largest absolute Gasteiger partial charge is 0.465 e. The van der Waals surface area contributed by atoms with Crippen molar-refractivity contribution < 1.29 is 9.53 Å². The molecule has 0 amide bonds. The molecule has 0 heterocycles. The van der Waals surface area contributed by atoms with E-state index in [4.69, 9.17) is 4.74 Å². The van der Waals surface area contributed by atoms with Crippen LogP contribution in [0.3, 0.4) is 0 Å². The van der Waals surface area contributed by atoms with Crippen LogP contribution in [0.1, 0.15) is 44.6 Å². The molecule has 2 nitrogen and oxygen atoms in total. The number of carbonyl (C=O) groups excluding carboxylic acids is 1. The van der Waals surface area contributed by atoms with Crippen LogP contribution in [0.15, 0.2) is 24.3 Å². The summed E-state index contributed by atoms with van der Waals surface area (Å²) in [6.07, 6.45) is 6.33. The van der Waals surface area contributed by atoms with Gasteiger partial charge in [-0.15, -0.1) is 0 Å². The monoisotopic (exact) mass is 221 g/mol. The van der Waals surface area contributed by atoms with E-state index < -0.39 is 0 Å². The topological polar surface area (TPSA) is 26.3 Å². The molecule has 0 saturated heterocycles. The minimum absolute atomic E-state index is 0.110. The molecule has 1 aromatic rings. The Morgan fingerprint density at radius 1 is 1.31 bits per heavy atom. The number of hydrogen-bond acceptors (Lipinski definition) is 2. The SMILES string of the molecule is CCCCCCCOC(=O)Cc1ccc[cH-]1. The van der Waals surface area contributed by atoms with Crippen LogP contribution < -0.4 is 0 Å².